The number of carbonyl (C=O) groups is 1. The molecular weight excluding hydrogens is 372 g/mol. The van der Waals surface area contributed by atoms with Crippen LogP contribution in [0.3, 0.4) is 0 Å². The van der Waals surface area contributed by atoms with E-state index in [1.54, 1.807) is 23.1 Å². The number of rotatable bonds is 7. The van der Waals surface area contributed by atoms with E-state index in [1.165, 1.54) is 0 Å². The Morgan fingerprint density at radius 1 is 1.12 bits per heavy atom. The SMILES string of the molecule is O=C(CCSc1ccc(Cl)cc1)NCc1nc(-c2ccccc2)cs1. The Balaban J connectivity index is 1.42. The number of hydrogen-bond acceptors (Lipinski definition) is 4. The van der Waals surface area contributed by atoms with Gasteiger partial charge in [0.25, 0.3) is 0 Å². The van der Waals surface area contributed by atoms with Crippen LogP contribution >= 0.6 is 34.7 Å². The number of nitrogens with one attached hydrogen (secondary N) is 1. The van der Waals surface area contributed by atoms with Gasteiger partial charge in [-0.25, -0.2) is 4.98 Å². The van der Waals surface area contributed by atoms with E-state index in [2.05, 4.69) is 10.3 Å². The van der Waals surface area contributed by atoms with Crippen LogP contribution < -0.4 is 5.32 Å². The number of nitrogens with zero attached hydrogens (tertiary/aromatic N) is 1. The first-order chi connectivity index (χ1) is 12.2. The molecule has 0 bridgehead atoms. The number of halogens is 1. The maximum Gasteiger partial charge on any atom is 0.221 e. The molecule has 0 unspecified atom stereocenters. The summed E-state index contributed by atoms with van der Waals surface area (Å²) in [4.78, 5) is 17.7. The average molecular weight is 389 g/mol. The van der Waals surface area contributed by atoms with Crippen LogP contribution in [0.5, 0.6) is 0 Å². The molecule has 1 heterocycles. The molecule has 25 heavy (non-hydrogen) atoms. The summed E-state index contributed by atoms with van der Waals surface area (Å²) >= 11 is 9.07. The minimum atomic E-state index is 0.0397. The van der Waals surface area contributed by atoms with Gasteiger partial charge in [-0.2, -0.15) is 0 Å². The Hall–Kier alpha value is -1.82. The lowest BCUT2D eigenvalue weighted by Crippen LogP contribution is -2.22. The summed E-state index contributed by atoms with van der Waals surface area (Å²) in [5.74, 6) is 0.776. The van der Waals surface area contributed by atoms with E-state index in [0.717, 1.165) is 31.9 Å². The molecule has 0 fully saturated rings. The topological polar surface area (TPSA) is 42.0 Å². The molecule has 1 amide bonds. The molecule has 0 saturated heterocycles. The third-order valence-corrected chi connectivity index (χ3v) is 5.58. The number of amides is 1. The summed E-state index contributed by atoms with van der Waals surface area (Å²) in [6.07, 6.45) is 0.476. The van der Waals surface area contributed by atoms with Crippen molar-refractivity contribution in [2.75, 3.05) is 5.75 Å². The summed E-state index contributed by atoms with van der Waals surface area (Å²) in [7, 11) is 0. The molecule has 0 spiro atoms. The van der Waals surface area contributed by atoms with Crippen molar-refractivity contribution in [1.29, 1.82) is 0 Å². The van der Waals surface area contributed by atoms with E-state index in [1.807, 2.05) is 60.0 Å². The summed E-state index contributed by atoms with van der Waals surface area (Å²) in [5, 5.41) is 6.59. The van der Waals surface area contributed by atoms with Gasteiger partial charge in [0, 0.05) is 33.0 Å². The predicted molar refractivity (Wildman–Crippen MR) is 106 cm³/mol. The maximum absolute atomic E-state index is 12.0. The largest absolute Gasteiger partial charge is 0.350 e. The van der Waals surface area contributed by atoms with Crippen molar-refractivity contribution < 1.29 is 4.79 Å². The van der Waals surface area contributed by atoms with Gasteiger partial charge < -0.3 is 5.32 Å². The first-order valence-electron chi connectivity index (χ1n) is 7.85. The molecule has 3 rings (SSSR count). The highest BCUT2D eigenvalue weighted by atomic mass is 35.5. The van der Waals surface area contributed by atoms with Crippen molar-refractivity contribution in [2.24, 2.45) is 0 Å². The van der Waals surface area contributed by atoms with Gasteiger partial charge in [-0.3, -0.25) is 4.79 Å². The molecule has 1 N–H and O–H groups in total. The van der Waals surface area contributed by atoms with Crippen LogP contribution in [0, 0.1) is 0 Å². The second-order valence-electron chi connectivity index (χ2n) is 5.32. The van der Waals surface area contributed by atoms with E-state index in [9.17, 15) is 4.79 Å². The van der Waals surface area contributed by atoms with Gasteiger partial charge in [0.1, 0.15) is 5.01 Å². The van der Waals surface area contributed by atoms with E-state index in [-0.39, 0.29) is 5.91 Å². The molecule has 0 aliphatic carbocycles. The third kappa shape index (κ3) is 5.59. The van der Waals surface area contributed by atoms with Crippen molar-refractivity contribution in [2.45, 2.75) is 17.9 Å². The first kappa shape index (κ1) is 18.0. The van der Waals surface area contributed by atoms with E-state index < -0.39 is 0 Å². The Kier molecular flexibility index (Phi) is 6.50. The van der Waals surface area contributed by atoms with Gasteiger partial charge in [-0.05, 0) is 24.3 Å². The standard InChI is InChI=1S/C19H17ClN2OS2/c20-15-6-8-16(9-7-15)24-11-10-18(23)21-12-19-22-17(13-25-19)14-4-2-1-3-5-14/h1-9,13H,10-12H2,(H,21,23). The van der Waals surface area contributed by atoms with Crippen LogP contribution in [-0.4, -0.2) is 16.6 Å². The van der Waals surface area contributed by atoms with Gasteiger partial charge in [0.15, 0.2) is 0 Å². The molecule has 6 heteroatoms. The van der Waals surface area contributed by atoms with E-state index in [4.69, 9.17) is 11.6 Å². The molecule has 3 aromatic rings. The number of thioether (sulfide) groups is 1. The monoisotopic (exact) mass is 388 g/mol. The lowest BCUT2D eigenvalue weighted by atomic mass is 10.2. The highest BCUT2D eigenvalue weighted by molar-refractivity contribution is 7.99. The summed E-state index contributed by atoms with van der Waals surface area (Å²) in [5.41, 5.74) is 2.05. The smallest absolute Gasteiger partial charge is 0.221 e. The summed E-state index contributed by atoms with van der Waals surface area (Å²) in [6, 6.07) is 17.7. The molecule has 0 atom stereocenters. The number of benzene rings is 2. The van der Waals surface area contributed by atoms with Gasteiger partial charge >= 0.3 is 0 Å². The van der Waals surface area contributed by atoms with Gasteiger partial charge in [-0.15, -0.1) is 23.1 Å². The number of thiazole rings is 1. The second kappa shape index (κ2) is 9.04. The number of carbonyl (C=O) groups excluding carboxylic acids is 1. The maximum atomic E-state index is 12.0. The van der Waals surface area contributed by atoms with Crippen LogP contribution in [0.2, 0.25) is 5.02 Å². The number of hydrogen-bond donors (Lipinski definition) is 1. The second-order valence-corrected chi connectivity index (χ2v) is 7.87. The fourth-order valence-corrected chi connectivity index (χ4v) is 3.91. The Labute approximate surface area is 160 Å². The Morgan fingerprint density at radius 3 is 2.64 bits per heavy atom. The molecular formula is C19H17ClN2OS2. The average Bonchev–Trinajstić information content (AvgIpc) is 3.11. The Bertz CT molecular complexity index is 819. The van der Waals surface area contributed by atoms with Crippen molar-refractivity contribution in [1.82, 2.24) is 10.3 Å². The van der Waals surface area contributed by atoms with Crippen molar-refractivity contribution in [3.05, 3.63) is 70.0 Å². The van der Waals surface area contributed by atoms with E-state index in [0.29, 0.717) is 13.0 Å². The lowest BCUT2D eigenvalue weighted by Gasteiger charge is -2.04. The minimum absolute atomic E-state index is 0.0397. The quantitative estimate of drug-likeness (QED) is 0.561. The normalized spacial score (nSPS) is 10.6. The lowest BCUT2D eigenvalue weighted by molar-refractivity contribution is -0.120. The van der Waals surface area contributed by atoms with Crippen LogP contribution in [0.4, 0.5) is 0 Å². The van der Waals surface area contributed by atoms with Crippen LogP contribution in [0.25, 0.3) is 11.3 Å². The molecule has 0 saturated carbocycles. The van der Waals surface area contributed by atoms with Crippen LogP contribution in [0.1, 0.15) is 11.4 Å². The molecule has 3 nitrogen and oxygen atoms in total. The number of aromatic nitrogens is 1. The highest BCUT2D eigenvalue weighted by Crippen LogP contribution is 2.22. The van der Waals surface area contributed by atoms with Crippen molar-refractivity contribution in [3.8, 4) is 11.3 Å². The third-order valence-electron chi connectivity index (χ3n) is 3.47. The molecule has 0 aliphatic rings. The molecule has 0 radical (unpaired) electrons. The zero-order chi connectivity index (χ0) is 17.5. The zero-order valence-corrected chi connectivity index (χ0v) is 15.8. The van der Waals surface area contributed by atoms with Gasteiger partial charge in [-0.1, -0.05) is 41.9 Å². The Morgan fingerprint density at radius 2 is 1.88 bits per heavy atom. The first-order valence-corrected chi connectivity index (χ1v) is 10.1. The summed E-state index contributed by atoms with van der Waals surface area (Å²) in [6.45, 7) is 0.474. The fourth-order valence-electron chi connectivity index (χ4n) is 2.19. The zero-order valence-electron chi connectivity index (χ0n) is 13.4. The van der Waals surface area contributed by atoms with Gasteiger partial charge in [0.05, 0.1) is 12.2 Å². The molecule has 2 aromatic carbocycles. The predicted octanol–water partition coefficient (Wildman–Crippen LogP) is 5.26. The molecule has 128 valence electrons. The summed E-state index contributed by atoms with van der Waals surface area (Å²) < 4.78 is 0. The van der Waals surface area contributed by atoms with Crippen molar-refractivity contribution in [3.63, 3.8) is 0 Å². The van der Waals surface area contributed by atoms with Gasteiger partial charge in [0.2, 0.25) is 5.91 Å². The van der Waals surface area contributed by atoms with Crippen molar-refractivity contribution >= 4 is 40.6 Å². The molecule has 0 aliphatic heterocycles. The fraction of sp³-hybridized carbons (Fsp3) is 0.158. The van der Waals surface area contributed by atoms with E-state index >= 15 is 0 Å². The van der Waals surface area contributed by atoms with Crippen LogP contribution in [-0.2, 0) is 11.3 Å². The highest BCUT2D eigenvalue weighted by Gasteiger charge is 2.07. The van der Waals surface area contributed by atoms with Crippen LogP contribution in [0.15, 0.2) is 64.9 Å². The molecule has 1 aromatic heterocycles. The minimum Gasteiger partial charge on any atom is -0.350 e.